The van der Waals surface area contributed by atoms with Crippen molar-refractivity contribution in [1.29, 1.82) is 0 Å². The standard InChI is InChI=1S/C22H21N3O2/c1-27-20-8-6-16(7-9-20)13-24-19-12-18(14-23-15-19)22(26)25-11-10-17-4-2-3-5-21(17)25/h2-9,12,14-15,24H,10-11,13H2,1H3. The third-order valence-corrected chi connectivity index (χ3v) is 4.77. The van der Waals surface area contributed by atoms with E-state index in [1.54, 1.807) is 19.5 Å². The van der Waals surface area contributed by atoms with Crippen molar-refractivity contribution in [3.8, 4) is 5.75 Å². The average Bonchev–Trinajstić information content (AvgIpc) is 3.16. The van der Waals surface area contributed by atoms with Crippen molar-refractivity contribution >= 4 is 17.3 Å². The van der Waals surface area contributed by atoms with Gasteiger partial charge in [-0.1, -0.05) is 30.3 Å². The van der Waals surface area contributed by atoms with Crippen LogP contribution in [-0.2, 0) is 13.0 Å². The predicted octanol–water partition coefficient (Wildman–Crippen LogP) is 3.91. The Balaban J connectivity index is 1.46. The van der Waals surface area contributed by atoms with Crippen molar-refractivity contribution in [2.24, 2.45) is 0 Å². The third kappa shape index (κ3) is 3.62. The summed E-state index contributed by atoms with van der Waals surface area (Å²) >= 11 is 0. The molecule has 1 aliphatic rings. The van der Waals surface area contributed by atoms with E-state index in [1.807, 2.05) is 53.4 Å². The molecule has 0 fully saturated rings. The smallest absolute Gasteiger partial charge is 0.259 e. The summed E-state index contributed by atoms with van der Waals surface area (Å²) in [5, 5.41) is 3.33. The van der Waals surface area contributed by atoms with Crippen LogP contribution in [0.3, 0.4) is 0 Å². The lowest BCUT2D eigenvalue weighted by Crippen LogP contribution is -2.29. The SMILES string of the molecule is COc1ccc(CNc2cncc(C(=O)N3CCc4ccccc43)c2)cc1. The molecule has 0 saturated heterocycles. The molecular weight excluding hydrogens is 338 g/mol. The number of benzene rings is 2. The fraction of sp³-hybridized carbons (Fsp3) is 0.182. The first-order valence-electron chi connectivity index (χ1n) is 8.96. The van der Waals surface area contributed by atoms with Crippen molar-refractivity contribution < 1.29 is 9.53 Å². The lowest BCUT2D eigenvalue weighted by atomic mass is 10.1. The zero-order valence-electron chi connectivity index (χ0n) is 15.2. The summed E-state index contributed by atoms with van der Waals surface area (Å²) in [6.45, 7) is 1.36. The topological polar surface area (TPSA) is 54.5 Å². The Kier molecular flexibility index (Phi) is 4.75. The number of rotatable bonds is 5. The van der Waals surface area contributed by atoms with Gasteiger partial charge in [0.2, 0.25) is 0 Å². The van der Waals surface area contributed by atoms with Crippen molar-refractivity contribution in [2.45, 2.75) is 13.0 Å². The maximum Gasteiger partial charge on any atom is 0.259 e. The van der Waals surface area contributed by atoms with Crippen LogP contribution in [-0.4, -0.2) is 24.5 Å². The molecular formula is C22H21N3O2. The fourth-order valence-electron chi connectivity index (χ4n) is 3.31. The van der Waals surface area contributed by atoms with Crippen LogP contribution in [0.1, 0.15) is 21.5 Å². The van der Waals surface area contributed by atoms with Crippen molar-refractivity contribution in [2.75, 3.05) is 23.9 Å². The number of amides is 1. The molecule has 0 aliphatic carbocycles. The van der Waals surface area contributed by atoms with E-state index in [9.17, 15) is 4.79 Å². The molecule has 2 aromatic carbocycles. The van der Waals surface area contributed by atoms with Crippen LogP contribution in [0.2, 0.25) is 0 Å². The monoisotopic (exact) mass is 359 g/mol. The van der Waals surface area contributed by atoms with Crippen LogP contribution in [0.5, 0.6) is 5.75 Å². The van der Waals surface area contributed by atoms with Gasteiger partial charge in [0.05, 0.1) is 18.4 Å². The second-order valence-electron chi connectivity index (χ2n) is 6.50. The highest BCUT2D eigenvalue weighted by molar-refractivity contribution is 6.07. The van der Waals surface area contributed by atoms with E-state index in [2.05, 4.69) is 16.4 Å². The number of carbonyl (C=O) groups excluding carboxylic acids is 1. The van der Waals surface area contributed by atoms with Gasteiger partial charge in [0.1, 0.15) is 5.75 Å². The van der Waals surface area contributed by atoms with E-state index in [0.717, 1.165) is 29.1 Å². The van der Waals surface area contributed by atoms with Crippen molar-refractivity contribution in [3.63, 3.8) is 0 Å². The van der Waals surface area contributed by atoms with E-state index < -0.39 is 0 Å². The minimum Gasteiger partial charge on any atom is -0.497 e. The molecule has 5 heteroatoms. The quantitative estimate of drug-likeness (QED) is 0.751. The Morgan fingerprint density at radius 2 is 1.96 bits per heavy atom. The van der Waals surface area contributed by atoms with Gasteiger partial charge in [0.15, 0.2) is 0 Å². The van der Waals surface area contributed by atoms with E-state index in [-0.39, 0.29) is 5.91 Å². The van der Waals surface area contributed by atoms with E-state index in [1.165, 1.54) is 5.56 Å². The number of hydrogen-bond acceptors (Lipinski definition) is 4. The molecule has 5 nitrogen and oxygen atoms in total. The van der Waals surface area contributed by atoms with Gasteiger partial charge in [-0.25, -0.2) is 0 Å². The first-order valence-corrected chi connectivity index (χ1v) is 8.96. The molecule has 27 heavy (non-hydrogen) atoms. The molecule has 0 spiro atoms. The number of hydrogen-bond donors (Lipinski definition) is 1. The molecule has 1 aliphatic heterocycles. The highest BCUT2D eigenvalue weighted by Gasteiger charge is 2.25. The lowest BCUT2D eigenvalue weighted by molar-refractivity contribution is 0.0989. The summed E-state index contributed by atoms with van der Waals surface area (Å²) in [7, 11) is 1.65. The molecule has 1 amide bonds. The van der Waals surface area contributed by atoms with Gasteiger partial charge in [-0.2, -0.15) is 0 Å². The predicted molar refractivity (Wildman–Crippen MR) is 106 cm³/mol. The molecule has 0 atom stereocenters. The van der Waals surface area contributed by atoms with Crippen LogP contribution in [0.25, 0.3) is 0 Å². The molecule has 0 saturated carbocycles. The summed E-state index contributed by atoms with van der Waals surface area (Å²) in [4.78, 5) is 19.0. The maximum absolute atomic E-state index is 13.0. The van der Waals surface area contributed by atoms with Crippen LogP contribution >= 0.6 is 0 Å². The minimum atomic E-state index is -0.0134. The molecule has 0 radical (unpaired) electrons. The molecule has 1 N–H and O–H groups in total. The number of ether oxygens (including phenoxy) is 1. The minimum absolute atomic E-state index is 0.0134. The van der Waals surface area contributed by atoms with Crippen molar-refractivity contribution in [3.05, 3.63) is 83.7 Å². The lowest BCUT2D eigenvalue weighted by Gasteiger charge is -2.17. The van der Waals surface area contributed by atoms with E-state index in [0.29, 0.717) is 18.7 Å². The van der Waals surface area contributed by atoms with Crippen molar-refractivity contribution in [1.82, 2.24) is 4.98 Å². The van der Waals surface area contributed by atoms with Gasteiger partial charge in [0, 0.05) is 31.2 Å². The van der Waals surface area contributed by atoms with Crippen LogP contribution in [0.15, 0.2) is 67.0 Å². The molecule has 0 bridgehead atoms. The van der Waals surface area contributed by atoms with Gasteiger partial charge in [-0.05, 0) is 41.8 Å². The number of carbonyl (C=O) groups is 1. The highest BCUT2D eigenvalue weighted by atomic mass is 16.5. The van der Waals surface area contributed by atoms with Gasteiger partial charge in [0.25, 0.3) is 5.91 Å². The molecule has 3 aromatic rings. The van der Waals surface area contributed by atoms with Gasteiger partial charge in [-0.15, -0.1) is 0 Å². The van der Waals surface area contributed by atoms with Crippen LogP contribution in [0, 0.1) is 0 Å². The maximum atomic E-state index is 13.0. The Bertz CT molecular complexity index is 954. The number of pyridine rings is 1. The normalized spacial score (nSPS) is 12.6. The summed E-state index contributed by atoms with van der Waals surface area (Å²) in [5.41, 5.74) is 4.75. The largest absolute Gasteiger partial charge is 0.497 e. The zero-order valence-corrected chi connectivity index (χ0v) is 15.2. The number of aromatic nitrogens is 1. The zero-order chi connectivity index (χ0) is 18.6. The second-order valence-corrected chi connectivity index (χ2v) is 6.50. The third-order valence-electron chi connectivity index (χ3n) is 4.77. The van der Waals surface area contributed by atoms with Crippen LogP contribution < -0.4 is 15.0 Å². The van der Waals surface area contributed by atoms with Gasteiger partial charge >= 0.3 is 0 Å². The summed E-state index contributed by atoms with van der Waals surface area (Å²) in [5.74, 6) is 0.819. The number of fused-ring (bicyclic) bond motifs is 1. The number of para-hydroxylation sites is 1. The summed E-state index contributed by atoms with van der Waals surface area (Å²) in [6.07, 6.45) is 4.25. The Morgan fingerprint density at radius 3 is 2.78 bits per heavy atom. The summed E-state index contributed by atoms with van der Waals surface area (Å²) < 4.78 is 5.18. The van der Waals surface area contributed by atoms with Gasteiger partial charge < -0.3 is 15.0 Å². The Hall–Kier alpha value is -3.34. The first-order chi connectivity index (χ1) is 13.2. The molecule has 1 aromatic heterocycles. The molecule has 0 unspecified atom stereocenters. The number of nitrogens with one attached hydrogen (secondary N) is 1. The number of methoxy groups -OCH3 is 1. The summed E-state index contributed by atoms with van der Waals surface area (Å²) in [6, 6.07) is 17.8. The first kappa shape index (κ1) is 17.1. The average molecular weight is 359 g/mol. The fourth-order valence-corrected chi connectivity index (χ4v) is 3.31. The van der Waals surface area contributed by atoms with Crippen LogP contribution in [0.4, 0.5) is 11.4 Å². The number of anilines is 2. The molecule has 2 heterocycles. The Labute approximate surface area is 158 Å². The van der Waals surface area contributed by atoms with Gasteiger partial charge in [-0.3, -0.25) is 9.78 Å². The molecule has 136 valence electrons. The van der Waals surface area contributed by atoms with E-state index in [4.69, 9.17) is 4.74 Å². The highest BCUT2D eigenvalue weighted by Crippen LogP contribution is 2.29. The second kappa shape index (κ2) is 7.50. The van der Waals surface area contributed by atoms with E-state index >= 15 is 0 Å². The number of nitrogens with zero attached hydrogens (tertiary/aromatic N) is 2. The Morgan fingerprint density at radius 1 is 1.15 bits per heavy atom. The molecule has 4 rings (SSSR count).